The molecule has 5 nitrogen and oxygen atoms in total. The zero-order valence-electron chi connectivity index (χ0n) is 9.36. The van der Waals surface area contributed by atoms with Crippen LogP contribution in [0.25, 0.3) is 0 Å². The average Bonchev–Trinajstić information content (AvgIpc) is 2.14. The molecule has 0 aromatic carbocycles. The van der Waals surface area contributed by atoms with Crippen LogP contribution in [-0.4, -0.2) is 50.5 Å². The van der Waals surface area contributed by atoms with Gasteiger partial charge in [0.05, 0.1) is 13.2 Å². The van der Waals surface area contributed by atoms with Crippen molar-refractivity contribution in [2.45, 2.75) is 20.3 Å². The summed E-state index contributed by atoms with van der Waals surface area (Å²) in [6.07, 6.45) is -2.76. The summed E-state index contributed by atoms with van der Waals surface area (Å²) in [5, 5.41) is 8.61. The summed E-state index contributed by atoms with van der Waals surface area (Å²) >= 11 is 0. The fraction of sp³-hybridized carbons (Fsp3) is 1.00. The number of alkyl halides is 2. The maximum atomic E-state index is 12.1. The van der Waals surface area contributed by atoms with Crippen molar-refractivity contribution in [3.63, 3.8) is 0 Å². The van der Waals surface area contributed by atoms with Crippen LogP contribution >= 0.6 is 0 Å². The highest BCUT2D eigenvalue weighted by molar-refractivity contribution is 7.87. The van der Waals surface area contributed by atoms with Gasteiger partial charge in [0.1, 0.15) is 0 Å². The first kappa shape index (κ1) is 15.7. The van der Waals surface area contributed by atoms with Gasteiger partial charge >= 0.3 is 0 Å². The van der Waals surface area contributed by atoms with E-state index in [2.05, 4.69) is 4.72 Å². The molecule has 0 unspecified atom stereocenters. The van der Waals surface area contributed by atoms with E-state index in [-0.39, 0.29) is 19.0 Å². The predicted octanol–water partition coefficient (Wildman–Crippen LogP) is 0.0362. The molecule has 0 aromatic rings. The molecule has 0 rings (SSSR count). The Morgan fingerprint density at radius 2 is 1.94 bits per heavy atom. The fourth-order valence-electron chi connectivity index (χ4n) is 0.938. The summed E-state index contributed by atoms with van der Waals surface area (Å²) in [7, 11) is -3.93. The first-order chi connectivity index (χ1) is 7.29. The van der Waals surface area contributed by atoms with Gasteiger partial charge in [0, 0.05) is 13.1 Å². The van der Waals surface area contributed by atoms with Gasteiger partial charge in [0.25, 0.3) is 16.6 Å². The molecule has 0 bridgehead atoms. The van der Waals surface area contributed by atoms with Gasteiger partial charge in [-0.1, -0.05) is 13.8 Å². The monoisotopic (exact) mass is 260 g/mol. The number of hydrogen-bond acceptors (Lipinski definition) is 3. The Balaban J connectivity index is 4.49. The summed E-state index contributed by atoms with van der Waals surface area (Å²) in [5.41, 5.74) is 0. The van der Waals surface area contributed by atoms with Crippen LogP contribution in [0.3, 0.4) is 0 Å². The molecule has 0 amide bonds. The normalized spacial score (nSPS) is 13.0. The molecule has 0 fully saturated rings. The second-order valence-electron chi connectivity index (χ2n) is 3.72. The first-order valence-electron chi connectivity index (χ1n) is 4.93. The molecule has 0 aliphatic carbocycles. The second kappa shape index (κ2) is 7.10. The Labute approximate surface area is 94.6 Å². The van der Waals surface area contributed by atoms with Crippen molar-refractivity contribution in [3.8, 4) is 0 Å². The molecule has 0 radical (unpaired) electrons. The van der Waals surface area contributed by atoms with Crippen LogP contribution in [0.4, 0.5) is 8.78 Å². The van der Waals surface area contributed by atoms with Gasteiger partial charge in [0.2, 0.25) is 0 Å². The molecular formula is C8H18F2N2O3S. The molecule has 0 aliphatic rings. The first-order valence-corrected chi connectivity index (χ1v) is 6.37. The standard InChI is InChI=1S/C8H18F2N2O3S/c1-7(2)5-11-16(14,15)12(3-4-13)6-8(9)10/h7-8,11,13H,3-6H2,1-2H3. The summed E-state index contributed by atoms with van der Waals surface area (Å²) in [5.74, 6) is 0.0808. The zero-order valence-corrected chi connectivity index (χ0v) is 10.2. The van der Waals surface area contributed by atoms with Crippen molar-refractivity contribution in [1.82, 2.24) is 9.03 Å². The Bertz CT molecular complexity index is 283. The smallest absolute Gasteiger partial charge is 0.279 e. The van der Waals surface area contributed by atoms with E-state index >= 15 is 0 Å². The van der Waals surface area contributed by atoms with Crippen LogP contribution in [0.2, 0.25) is 0 Å². The molecule has 0 aliphatic heterocycles. The molecule has 0 atom stereocenters. The highest BCUT2D eigenvalue weighted by atomic mass is 32.2. The Kier molecular flexibility index (Phi) is 6.96. The SMILES string of the molecule is CC(C)CNS(=O)(=O)N(CCO)CC(F)F. The van der Waals surface area contributed by atoms with Crippen molar-refractivity contribution in [2.75, 3.05) is 26.2 Å². The highest BCUT2D eigenvalue weighted by Gasteiger charge is 2.24. The van der Waals surface area contributed by atoms with Gasteiger partial charge in [-0.2, -0.15) is 12.7 Å². The summed E-state index contributed by atoms with van der Waals surface area (Å²) < 4.78 is 50.0. The third-order valence-electron chi connectivity index (χ3n) is 1.70. The number of rotatable bonds is 8. The van der Waals surface area contributed by atoms with Crippen LogP contribution in [0.1, 0.15) is 13.8 Å². The number of nitrogens with one attached hydrogen (secondary N) is 1. The quantitative estimate of drug-likeness (QED) is 0.647. The largest absolute Gasteiger partial charge is 0.395 e. The van der Waals surface area contributed by atoms with E-state index in [1.807, 2.05) is 0 Å². The Morgan fingerprint density at radius 1 is 1.38 bits per heavy atom. The summed E-state index contributed by atoms with van der Waals surface area (Å²) in [4.78, 5) is 0. The van der Waals surface area contributed by atoms with Crippen LogP contribution in [0, 0.1) is 5.92 Å². The van der Waals surface area contributed by atoms with Gasteiger partial charge < -0.3 is 5.11 Å². The summed E-state index contributed by atoms with van der Waals surface area (Å²) in [6, 6.07) is 0. The van der Waals surface area contributed by atoms with Gasteiger partial charge in [-0.25, -0.2) is 13.5 Å². The van der Waals surface area contributed by atoms with Gasteiger partial charge in [-0.15, -0.1) is 0 Å². The average molecular weight is 260 g/mol. The van der Waals surface area contributed by atoms with Gasteiger partial charge in [-0.3, -0.25) is 0 Å². The molecule has 16 heavy (non-hydrogen) atoms. The minimum absolute atomic E-state index is 0.0808. The lowest BCUT2D eigenvalue weighted by molar-refractivity contribution is 0.112. The van der Waals surface area contributed by atoms with E-state index in [0.717, 1.165) is 0 Å². The molecule has 0 heterocycles. The number of nitrogens with zero attached hydrogens (tertiary/aromatic N) is 1. The van der Waals surface area contributed by atoms with Gasteiger partial charge in [0.15, 0.2) is 0 Å². The number of aliphatic hydroxyl groups excluding tert-OH is 1. The number of hydrogen-bond donors (Lipinski definition) is 2. The van der Waals surface area contributed by atoms with Crippen molar-refractivity contribution in [3.05, 3.63) is 0 Å². The second-order valence-corrected chi connectivity index (χ2v) is 5.48. The number of aliphatic hydroxyl groups is 1. The maximum Gasteiger partial charge on any atom is 0.279 e. The molecule has 0 aromatic heterocycles. The van der Waals surface area contributed by atoms with E-state index in [1.165, 1.54) is 0 Å². The third-order valence-corrected chi connectivity index (χ3v) is 3.25. The van der Waals surface area contributed by atoms with E-state index in [1.54, 1.807) is 13.8 Å². The van der Waals surface area contributed by atoms with Crippen molar-refractivity contribution >= 4 is 10.2 Å². The van der Waals surface area contributed by atoms with E-state index in [0.29, 0.717) is 4.31 Å². The summed E-state index contributed by atoms with van der Waals surface area (Å²) in [6.45, 7) is 2.03. The molecule has 98 valence electrons. The molecule has 0 saturated carbocycles. The van der Waals surface area contributed by atoms with Crippen LogP contribution in [-0.2, 0) is 10.2 Å². The minimum atomic E-state index is -3.93. The van der Waals surface area contributed by atoms with E-state index < -0.39 is 29.8 Å². The highest BCUT2D eigenvalue weighted by Crippen LogP contribution is 2.04. The van der Waals surface area contributed by atoms with Gasteiger partial charge in [-0.05, 0) is 5.92 Å². The molecule has 0 saturated heterocycles. The third kappa shape index (κ3) is 6.31. The van der Waals surface area contributed by atoms with Crippen molar-refractivity contribution in [1.29, 1.82) is 0 Å². The molecule has 0 spiro atoms. The van der Waals surface area contributed by atoms with E-state index in [4.69, 9.17) is 5.11 Å². The lowest BCUT2D eigenvalue weighted by Gasteiger charge is -2.21. The number of halogens is 2. The Hall–Kier alpha value is -0.310. The molecular weight excluding hydrogens is 242 g/mol. The van der Waals surface area contributed by atoms with Crippen LogP contribution < -0.4 is 4.72 Å². The predicted molar refractivity (Wildman–Crippen MR) is 56.4 cm³/mol. The fourth-order valence-corrected chi connectivity index (χ4v) is 2.30. The van der Waals surface area contributed by atoms with Crippen molar-refractivity contribution < 1.29 is 22.3 Å². The van der Waals surface area contributed by atoms with E-state index in [9.17, 15) is 17.2 Å². The molecule has 8 heteroatoms. The Morgan fingerprint density at radius 3 is 2.31 bits per heavy atom. The lowest BCUT2D eigenvalue weighted by atomic mass is 10.2. The van der Waals surface area contributed by atoms with Crippen LogP contribution in [0.15, 0.2) is 0 Å². The van der Waals surface area contributed by atoms with Crippen molar-refractivity contribution in [2.24, 2.45) is 5.92 Å². The minimum Gasteiger partial charge on any atom is -0.395 e. The topological polar surface area (TPSA) is 69.6 Å². The lowest BCUT2D eigenvalue weighted by Crippen LogP contribution is -2.45. The maximum absolute atomic E-state index is 12.1. The zero-order chi connectivity index (χ0) is 12.8. The van der Waals surface area contributed by atoms with Crippen LogP contribution in [0.5, 0.6) is 0 Å². The molecule has 2 N–H and O–H groups in total.